The lowest BCUT2D eigenvalue weighted by Gasteiger charge is -2.53. The lowest BCUT2D eigenvalue weighted by Crippen LogP contribution is -2.63. The molecule has 1 N–H and O–H groups in total. The lowest BCUT2D eigenvalue weighted by molar-refractivity contribution is 0.00721. The second-order valence-electron chi connectivity index (χ2n) is 8.47. The van der Waals surface area contributed by atoms with Crippen LogP contribution in [0.15, 0.2) is 0 Å². The summed E-state index contributed by atoms with van der Waals surface area (Å²) in [4.78, 5) is 2.56. The van der Waals surface area contributed by atoms with Crippen molar-refractivity contribution in [2.45, 2.75) is 77.3 Å². The van der Waals surface area contributed by atoms with Crippen molar-refractivity contribution in [2.75, 3.05) is 21.1 Å². The van der Waals surface area contributed by atoms with E-state index in [2.05, 4.69) is 52.1 Å². The molecule has 2 nitrogen and oxygen atoms in total. The zero-order valence-corrected chi connectivity index (χ0v) is 15.3. The molecule has 2 saturated carbocycles. The molecule has 0 spiro atoms. The molecule has 0 aromatic carbocycles. The van der Waals surface area contributed by atoms with Crippen LogP contribution < -0.4 is 5.32 Å². The van der Waals surface area contributed by atoms with Gasteiger partial charge in [-0.15, -0.1) is 0 Å². The Labute approximate surface area is 133 Å². The van der Waals surface area contributed by atoms with E-state index in [0.717, 1.165) is 23.7 Å². The molecule has 2 rings (SSSR count). The van der Waals surface area contributed by atoms with E-state index in [1.165, 1.54) is 44.9 Å². The summed E-state index contributed by atoms with van der Waals surface area (Å²) < 4.78 is 0. The highest BCUT2D eigenvalue weighted by atomic mass is 15.2. The predicted octanol–water partition coefficient (Wildman–Crippen LogP) is 4.16. The van der Waals surface area contributed by atoms with Crippen LogP contribution in [0.2, 0.25) is 0 Å². The van der Waals surface area contributed by atoms with Gasteiger partial charge in [-0.1, -0.05) is 27.2 Å². The topological polar surface area (TPSA) is 15.3 Å². The van der Waals surface area contributed by atoms with Gasteiger partial charge in [0.1, 0.15) is 0 Å². The summed E-state index contributed by atoms with van der Waals surface area (Å²) in [5.74, 6) is 3.58. The third kappa shape index (κ3) is 3.47. The largest absolute Gasteiger partial charge is 0.315 e. The van der Waals surface area contributed by atoms with Crippen LogP contribution in [-0.4, -0.2) is 37.6 Å². The highest BCUT2D eigenvalue weighted by Crippen LogP contribution is 2.44. The number of hydrogen-bond acceptors (Lipinski definition) is 2. The van der Waals surface area contributed by atoms with Gasteiger partial charge in [0.15, 0.2) is 0 Å². The van der Waals surface area contributed by atoms with Crippen LogP contribution in [0, 0.1) is 23.7 Å². The van der Waals surface area contributed by atoms with Crippen LogP contribution in [0.4, 0.5) is 0 Å². The van der Waals surface area contributed by atoms with Crippen LogP contribution in [0.5, 0.6) is 0 Å². The maximum absolute atomic E-state index is 3.77. The molecule has 0 aliphatic heterocycles. The van der Waals surface area contributed by atoms with E-state index in [1.54, 1.807) is 0 Å². The van der Waals surface area contributed by atoms with Crippen LogP contribution >= 0.6 is 0 Å². The standard InChI is InChI=1S/C19H38N2/c1-14-9-11-19(12-10-14,21(5)6)18(20-4)17-8-7-15(2)16(3)13-17/h14-18,20H,7-13H2,1-6H3. The molecule has 124 valence electrons. The molecule has 21 heavy (non-hydrogen) atoms. The first-order valence-electron chi connectivity index (χ1n) is 9.25. The molecular formula is C19H38N2. The van der Waals surface area contributed by atoms with E-state index >= 15 is 0 Å². The van der Waals surface area contributed by atoms with E-state index in [0.29, 0.717) is 11.6 Å². The number of nitrogens with zero attached hydrogens (tertiary/aromatic N) is 1. The van der Waals surface area contributed by atoms with Crippen molar-refractivity contribution < 1.29 is 0 Å². The van der Waals surface area contributed by atoms with E-state index < -0.39 is 0 Å². The summed E-state index contributed by atoms with van der Waals surface area (Å²) in [7, 11) is 6.83. The lowest BCUT2D eigenvalue weighted by atomic mass is 9.64. The minimum absolute atomic E-state index is 0.381. The first-order chi connectivity index (χ1) is 9.90. The number of likely N-dealkylation sites (N-methyl/N-ethyl adjacent to an activating group) is 2. The van der Waals surface area contributed by atoms with Crippen LogP contribution in [0.3, 0.4) is 0 Å². The van der Waals surface area contributed by atoms with Crippen molar-refractivity contribution in [3.05, 3.63) is 0 Å². The minimum Gasteiger partial charge on any atom is -0.315 e. The van der Waals surface area contributed by atoms with Crippen molar-refractivity contribution in [1.29, 1.82) is 0 Å². The van der Waals surface area contributed by atoms with Crippen LogP contribution in [-0.2, 0) is 0 Å². The monoisotopic (exact) mass is 294 g/mol. The van der Waals surface area contributed by atoms with Crippen molar-refractivity contribution in [2.24, 2.45) is 23.7 Å². The van der Waals surface area contributed by atoms with E-state index in [1.807, 2.05) is 0 Å². The molecule has 2 fully saturated rings. The molecule has 0 aromatic heterocycles. The van der Waals surface area contributed by atoms with Gasteiger partial charge in [-0.2, -0.15) is 0 Å². The fourth-order valence-electron chi connectivity index (χ4n) is 5.13. The second kappa shape index (κ2) is 7.00. The van der Waals surface area contributed by atoms with Gasteiger partial charge in [0.05, 0.1) is 0 Å². The fraction of sp³-hybridized carbons (Fsp3) is 1.00. The zero-order chi connectivity index (χ0) is 15.6. The van der Waals surface area contributed by atoms with Gasteiger partial charge in [0, 0.05) is 11.6 Å². The van der Waals surface area contributed by atoms with Gasteiger partial charge in [0.2, 0.25) is 0 Å². The van der Waals surface area contributed by atoms with Crippen molar-refractivity contribution in [1.82, 2.24) is 10.2 Å². The zero-order valence-electron chi connectivity index (χ0n) is 15.3. The minimum atomic E-state index is 0.381. The van der Waals surface area contributed by atoms with Crippen LogP contribution in [0.25, 0.3) is 0 Å². The molecule has 4 unspecified atom stereocenters. The van der Waals surface area contributed by atoms with Gasteiger partial charge in [0.25, 0.3) is 0 Å². The Kier molecular flexibility index (Phi) is 5.76. The number of nitrogens with one attached hydrogen (secondary N) is 1. The van der Waals surface area contributed by atoms with Crippen molar-refractivity contribution in [3.63, 3.8) is 0 Å². The SMILES string of the molecule is CNC(C1CCC(C)C(C)C1)C1(N(C)C)CCC(C)CC1. The molecule has 0 amide bonds. The quantitative estimate of drug-likeness (QED) is 0.837. The first-order valence-corrected chi connectivity index (χ1v) is 9.25. The highest BCUT2D eigenvalue weighted by molar-refractivity contribution is 5.04. The number of rotatable bonds is 4. The molecular weight excluding hydrogens is 256 g/mol. The second-order valence-corrected chi connectivity index (χ2v) is 8.47. The predicted molar refractivity (Wildman–Crippen MR) is 92.6 cm³/mol. The van der Waals surface area contributed by atoms with Crippen molar-refractivity contribution >= 4 is 0 Å². The summed E-state index contributed by atoms with van der Waals surface area (Å²) in [6.45, 7) is 7.34. The Balaban J connectivity index is 2.16. The third-order valence-electron chi connectivity index (χ3n) is 7.03. The van der Waals surface area contributed by atoms with Gasteiger partial charge >= 0.3 is 0 Å². The van der Waals surface area contributed by atoms with Crippen molar-refractivity contribution in [3.8, 4) is 0 Å². The smallest absolute Gasteiger partial charge is 0.0359 e. The van der Waals surface area contributed by atoms with Gasteiger partial charge in [-0.25, -0.2) is 0 Å². The van der Waals surface area contributed by atoms with E-state index in [-0.39, 0.29) is 0 Å². The van der Waals surface area contributed by atoms with Gasteiger partial charge in [-0.3, -0.25) is 0 Å². The molecule has 4 atom stereocenters. The Morgan fingerprint density at radius 3 is 2.05 bits per heavy atom. The van der Waals surface area contributed by atoms with Gasteiger partial charge < -0.3 is 10.2 Å². The summed E-state index contributed by atoms with van der Waals surface area (Å²) in [5, 5.41) is 3.77. The summed E-state index contributed by atoms with van der Waals surface area (Å²) in [5.41, 5.74) is 0.381. The Bertz CT molecular complexity index is 318. The van der Waals surface area contributed by atoms with Gasteiger partial charge in [-0.05, 0) is 83.3 Å². The molecule has 0 aromatic rings. The maximum Gasteiger partial charge on any atom is 0.0359 e. The fourth-order valence-corrected chi connectivity index (χ4v) is 5.13. The molecule has 2 aliphatic rings. The average molecular weight is 295 g/mol. The normalized spacial score (nSPS) is 43.0. The number of hydrogen-bond donors (Lipinski definition) is 1. The maximum atomic E-state index is 3.77. The molecule has 0 radical (unpaired) electrons. The summed E-state index contributed by atoms with van der Waals surface area (Å²) in [6.07, 6.45) is 9.79. The molecule has 0 saturated heterocycles. The highest BCUT2D eigenvalue weighted by Gasteiger charge is 2.46. The van der Waals surface area contributed by atoms with Crippen LogP contribution in [0.1, 0.15) is 65.7 Å². The first kappa shape index (κ1) is 17.3. The average Bonchev–Trinajstić information content (AvgIpc) is 2.45. The molecule has 0 bridgehead atoms. The third-order valence-corrected chi connectivity index (χ3v) is 7.03. The molecule has 0 heterocycles. The van der Waals surface area contributed by atoms with E-state index in [9.17, 15) is 0 Å². The summed E-state index contributed by atoms with van der Waals surface area (Å²) in [6, 6.07) is 0.662. The Hall–Kier alpha value is -0.0800. The Morgan fingerprint density at radius 2 is 1.57 bits per heavy atom. The molecule has 2 heteroatoms. The Morgan fingerprint density at radius 1 is 0.952 bits per heavy atom. The molecule has 2 aliphatic carbocycles. The summed E-state index contributed by atoms with van der Waals surface area (Å²) >= 11 is 0. The van der Waals surface area contributed by atoms with E-state index in [4.69, 9.17) is 0 Å².